The lowest BCUT2D eigenvalue weighted by molar-refractivity contribution is 0.226. The molecule has 2 aliphatic carbocycles. The number of nitrogens with one attached hydrogen (secondary N) is 1. The van der Waals surface area contributed by atoms with Crippen molar-refractivity contribution in [1.29, 1.82) is 0 Å². The van der Waals surface area contributed by atoms with Gasteiger partial charge in [-0.3, -0.25) is 0 Å². The van der Waals surface area contributed by atoms with Crippen LogP contribution in [0.1, 0.15) is 50.0 Å². The van der Waals surface area contributed by atoms with Gasteiger partial charge in [0, 0.05) is 17.6 Å². The summed E-state index contributed by atoms with van der Waals surface area (Å²) >= 11 is 1.82. The van der Waals surface area contributed by atoms with Gasteiger partial charge >= 0.3 is 0 Å². The third kappa shape index (κ3) is 1.72. The molecule has 1 aromatic heterocycles. The van der Waals surface area contributed by atoms with E-state index in [1.165, 1.54) is 50.0 Å². The number of hydrogen-bond acceptors (Lipinski definition) is 3. The summed E-state index contributed by atoms with van der Waals surface area (Å²) in [6.45, 7) is 0. The SMILES string of the molecule is c1csc(C2(NC3CCC3)CCCC2)n1. The Bertz CT molecular complexity index is 310. The first-order valence-corrected chi connectivity index (χ1v) is 6.95. The van der Waals surface area contributed by atoms with Crippen LogP contribution in [-0.2, 0) is 5.54 Å². The summed E-state index contributed by atoms with van der Waals surface area (Å²) in [5, 5.41) is 7.31. The molecule has 1 N–H and O–H groups in total. The normalized spacial score (nSPS) is 25.3. The maximum absolute atomic E-state index is 4.54. The van der Waals surface area contributed by atoms with Crippen LogP contribution < -0.4 is 5.32 Å². The molecular weight excluding hydrogens is 204 g/mol. The van der Waals surface area contributed by atoms with Gasteiger partial charge in [-0.2, -0.15) is 0 Å². The summed E-state index contributed by atoms with van der Waals surface area (Å²) in [4.78, 5) is 4.54. The zero-order valence-corrected chi connectivity index (χ0v) is 9.85. The monoisotopic (exact) mass is 222 g/mol. The van der Waals surface area contributed by atoms with Gasteiger partial charge in [0.2, 0.25) is 0 Å². The molecule has 3 rings (SSSR count). The Morgan fingerprint density at radius 2 is 2.07 bits per heavy atom. The minimum absolute atomic E-state index is 0.249. The van der Waals surface area contributed by atoms with Crippen LogP contribution in [0.15, 0.2) is 11.6 Å². The molecule has 0 radical (unpaired) electrons. The quantitative estimate of drug-likeness (QED) is 0.850. The Morgan fingerprint density at radius 1 is 1.27 bits per heavy atom. The molecule has 2 nitrogen and oxygen atoms in total. The van der Waals surface area contributed by atoms with E-state index in [2.05, 4.69) is 15.7 Å². The molecule has 2 fully saturated rings. The molecule has 15 heavy (non-hydrogen) atoms. The third-order valence-electron chi connectivity index (χ3n) is 3.88. The Labute approximate surface area is 95.1 Å². The van der Waals surface area contributed by atoms with Gasteiger partial charge in [0.25, 0.3) is 0 Å². The lowest BCUT2D eigenvalue weighted by atomic mass is 9.88. The minimum atomic E-state index is 0.249. The molecule has 0 amide bonds. The number of thiazole rings is 1. The van der Waals surface area contributed by atoms with E-state index < -0.39 is 0 Å². The molecule has 0 atom stereocenters. The van der Waals surface area contributed by atoms with Crippen LogP contribution in [0.2, 0.25) is 0 Å². The summed E-state index contributed by atoms with van der Waals surface area (Å²) in [6, 6.07) is 0.770. The average molecular weight is 222 g/mol. The zero-order chi connectivity index (χ0) is 10.1. The Hall–Kier alpha value is -0.410. The van der Waals surface area contributed by atoms with Gasteiger partial charge < -0.3 is 5.32 Å². The van der Waals surface area contributed by atoms with Gasteiger partial charge in [0.05, 0.1) is 5.54 Å². The van der Waals surface area contributed by atoms with Crippen molar-refractivity contribution < 1.29 is 0 Å². The van der Waals surface area contributed by atoms with E-state index in [1.54, 1.807) is 0 Å². The molecule has 82 valence electrons. The fourth-order valence-corrected chi connectivity index (χ4v) is 3.66. The second kappa shape index (κ2) is 3.87. The van der Waals surface area contributed by atoms with Crippen molar-refractivity contribution in [2.45, 2.75) is 56.5 Å². The first kappa shape index (κ1) is 9.79. The first-order valence-electron chi connectivity index (χ1n) is 6.07. The van der Waals surface area contributed by atoms with E-state index >= 15 is 0 Å². The molecule has 0 bridgehead atoms. The fraction of sp³-hybridized carbons (Fsp3) is 0.750. The summed E-state index contributed by atoms with van der Waals surface area (Å²) in [5.74, 6) is 0. The molecule has 0 saturated heterocycles. The highest BCUT2D eigenvalue weighted by atomic mass is 32.1. The van der Waals surface area contributed by atoms with Crippen molar-refractivity contribution in [3.05, 3.63) is 16.6 Å². The molecule has 1 heterocycles. The van der Waals surface area contributed by atoms with Gasteiger partial charge in [-0.25, -0.2) is 4.98 Å². The predicted molar refractivity (Wildman–Crippen MR) is 63.0 cm³/mol. The van der Waals surface area contributed by atoms with Crippen LogP contribution in [-0.4, -0.2) is 11.0 Å². The lowest BCUT2D eigenvalue weighted by Gasteiger charge is -2.37. The predicted octanol–water partition coefficient (Wildman–Crippen LogP) is 3.05. The van der Waals surface area contributed by atoms with Gasteiger partial charge in [-0.05, 0) is 25.7 Å². The second-order valence-electron chi connectivity index (χ2n) is 4.90. The highest BCUT2D eigenvalue weighted by Gasteiger charge is 2.40. The van der Waals surface area contributed by atoms with E-state index in [9.17, 15) is 0 Å². The number of rotatable bonds is 3. The average Bonchev–Trinajstić information content (AvgIpc) is 2.83. The summed E-state index contributed by atoms with van der Waals surface area (Å²) in [5.41, 5.74) is 0.249. The molecule has 0 unspecified atom stereocenters. The number of nitrogens with zero attached hydrogens (tertiary/aromatic N) is 1. The van der Waals surface area contributed by atoms with Gasteiger partial charge in [0.15, 0.2) is 0 Å². The van der Waals surface area contributed by atoms with Crippen LogP contribution in [0, 0.1) is 0 Å². The van der Waals surface area contributed by atoms with Crippen molar-refractivity contribution in [2.75, 3.05) is 0 Å². The van der Waals surface area contributed by atoms with Crippen LogP contribution in [0.4, 0.5) is 0 Å². The van der Waals surface area contributed by atoms with E-state index in [0.29, 0.717) is 0 Å². The topological polar surface area (TPSA) is 24.9 Å². The Morgan fingerprint density at radius 3 is 2.60 bits per heavy atom. The highest BCUT2D eigenvalue weighted by molar-refractivity contribution is 7.09. The van der Waals surface area contributed by atoms with Crippen molar-refractivity contribution in [3.63, 3.8) is 0 Å². The van der Waals surface area contributed by atoms with Gasteiger partial charge in [-0.15, -0.1) is 11.3 Å². The highest BCUT2D eigenvalue weighted by Crippen LogP contribution is 2.41. The molecule has 3 heteroatoms. The minimum Gasteiger partial charge on any atom is -0.303 e. The van der Waals surface area contributed by atoms with Crippen molar-refractivity contribution in [1.82, 2.24) is 10.3 Å². The van der Waals surface area contributed by atoms with Crippen LogP contribution in [0.25, 0.3) is 0 Å². The molecule has 0 spiro atoms. The molecule has 1 aromatic rings. The summed E-state index contributed by atoms with van der Waals surface area (Å²) in [7, 11) is 0. The van der Waals surface area contributed by atoms with E-state index in [0.717, 1.165) is 6.04 Å². The molecular formula is C12H18N2S. The van der Waals surface area contributed by atoms with E-state index in [4.69, 9.17) is 0 Å². The number of aromatic nitrogens is 1. The smallest absolute Gasteiger partial charge is 0.113 e. The van der Waals surface area contributed by atoms with E-state index in [1.807, 2.05) is 17.5 Å². The van der Waals surface area contributed by atoms with Crippen LogP contribution in [0.3, 0.4) is 0 Å². The summed E-state index contributed by atoms with van der Waals surface area (Å²) < 4.78 is 0. The van der Waals surface area contributed by atoms with Crippen molar-refractivity contribution >= 4 is 11.3 Å². The largest absolute Gasteiger partial charge is 0.303 e. The second-order valence-corrected chi connectivity index (χ2v) is 5.79. The van der Waals surface area contributed by atoms with Crippen LogP contribution >= 0.6 is 11.3 Å². The fourth-order valence-electron chi connectivity index (χ4n) is 2.80. The molecule has 2 saturated carbocycles. The van der Waals surface area contributed by atoms with Crippen LogP contribution in [0.5, 0.6) is 0 Å². The zero-order valence-electron chi connectivity index (χ0n) is 9.04. The molecule has 0 aliphatic heterocycles. The van der Waals surface area contributed by atoms with Crippen molar-refractivity contribution in [3.8, 4) is 0 Å². The maximum Gasteiger partial charge on any atom is 0.113 e. The standard InChI is InChI=1S/C12H18N2S/c1-2-7-12(6-1,11-13-8-9-15-11)14-10-4-3-5-10/h8-10,14H,1-7H2. The van der Waals surface area contributed by atoms with Gasteiger partial charge in [0.1, 0.15) is 5.01 Å². The molecule has 0 aromatic carbocycles. The molecule has 2 aliphatic rings. The first-order chi connectivity index (χ1) is 7.39. The lowest BCUT2D eigenvalue weighted by Crippen LogP contribution is -2.48. The Balaban J connectivity index is 1.81. The number of hydrogen-bond donors (Lipinski definition) is 1. The Kier molecular flexibility index (Phi) is 2.53. The van der Waals surface area contributed by atoms with Crippen molar-refractivity contribution in [2.24, 2.45) is 0 Å². The van der Waals surface area contributed by atoms with E-state index in [-0.39, 0.29) is 5.54 Å². The summed E-state index contributed by atoms with van der Waals surface area (Å²) in [6.07, 6.45) is 11.4. The van der Waals surface area contributed by atoms with Gasteiger partial charge in [-0.1, -0.05) is 19.3 Å². The maximum atomic E-state index is 4.54. The third-order valence-corrected chi connectivity index (χ3v) is 4.86.